The summed E-state index contributed by atoms with van der Waals surface area (Å²) in [7, 11) is 0. The molecular weight excluding hydrogens is 321 g/mol. The summed E-state index contributed by atoms with van der Waals surface area (Å²) < 4.78 is 1.53. The van der Waals surface area contributed by atoms with Gasteiger partial charge in [-0.15, -0.1) is 0 Å². The van der Waals surface area contributed by atoms with Crippen LogP contribution in [-0.2, 0) is 6.54 Å². The Morgan fingerprint density at radius 2 is 1.62 bits per heavy atom. The topological polar surface area (TPSA) is 3.24 Å². The summed E-state index contributed by atoms with van der Waals surface area (Å²) in [6.45, 7) is 3.44. The van der Waals surface area contributed by atoms with Crippen LogP contribution in [-0.4, -0.2) is 31.9 Å². The number of benzene rings is 2. The van der Waals surface area contributed by atoms with Crippen molar-refractivity contribution in [1.29, 1.82) is 0 Å². The SMILES string of the molecule is CCC1CC(C[Se]c2ccccc2)N1Cc1ccccc1. The molecule has 0 spiro atoms. The van der Waals surface area contributed by atoms with Crippen molar-refractivity contribution in [3.05, 3.63) is 66.2 Å². The predicted octanol–water partition coefficient (Wildman–Crippen LogP) is 3.49. The summed E-state index contributed by atoms with van der Waals surface area (Å²) in [5.74, 6) is 0. The van der Waals surface area contributed by atoms with Gasteiger partial charge in [0.15, 0.2) is 0 Å². The average Bonchev–Trinajstić information content (AvgIpc) is 2.54. The summed E-state index contributed by atoms with van der Waals surface area (Å²) in [6, 6.07) is 23.5. The van der Waals surface area contributed by atoms with Gasteiger partial charge in [0.05, 0.1) is 0 Å². The van der Waals surface area contributed by atoms with Crippen LogP contribution in [0.3, 0.4) is 0 Å². The molecule has 1 aliphatic rings. The zero-order valence-corrected chi connectivity index (χ0v) is 14.3. The minimum absolute atomic E-state index is 0.611. The van der Waals surface area contributed by atoms with Gasteiger partial charge in [0.1, 0.15) is 0 Å². The van der Waals surface area contributed by atoms with E-state index in [-0.39, 0.29) is 0 Å². The maximum absolute atomic E-state index is 2.72. The van der Waals surface area contributed by atoms with Crippen molar-refractivity contribution in [3.8, 4) is 0 Å². The molecule has 1 aliphatic heterocycles. The molecule has 2 unspecified atom stereocenters. The molecule has 2 atom stereocenters. The maximum atomic E-state index is 2.72. The fourth-order valence-corrected chi connectivity index (χ4v) is 5.30. The van der Waals surface area contributed by atoms with Gasteiger partial charge in [0, 0.05) is 0 Å². The van der Waals surface area contributed by atoms with Crippen LogP contribution in [0.1, 0.15) is 25.3 Å². The molecule has 0 radical (unpaired) electrons. The molecule has 1 saturated heterocycles. The van der Waals surface area contributed by atoms with Crippen LogP contribution < -0.4 is 4.46 Å². The fourth-order valence-electron chi connectivity index (χ4n) is 3.07. The molecule has 21 heavy (non-hydrogen) atoms. The first kappa shape index (κ1) is 14.8. The predicted molar refractivity (Wildman–Crippen MR) is 91.1 cm³/mol. The van der Waals surface area contributed by atoms with Crippen molar-refractivity contribution in [2.24, 2.45) is 0 Å². The van der Waals surface area contributed by atoms with Crippen molar-refractivity contribution in [1.82, 2.24) is 4.90 Å². The Balaban J connectivity index is 1.57. The van der Waals surface area contributed by atoms with E-state index < -0.39 is 0 Å². The molecule has 0 saturated carbocycles. The van der Waals surface area contributed by atoms with E-state index in [2.05, 4.69) is 72.5 Å². The quantitative estimate of drug-likeness (QED) is 0.725. The van der Waals surface area contributed by atoms with Crippen molar-refractivity contribution in [2.75, 3.05) is 0 Å². The van der Waals surface area contributed by atoms with Crippen LogP contribution in [0.25, 0.3) is 0 Å². The first-order chi connectivity index (χ1) is 10.4. The molecule has 1 heterocycles. The van der Waals surface area contributed by atoms with Gasteiger partial charge in [-0.3, -0.25) is 0 Å². The molecule has 0 amide bonds. The van der Waals surface area contributed by atoms with Crippen molar-refractivity contribution in [3.63, 3.8) is 0 Å². The van der Waals surface area contributed by atoms with Gasteiger partial charge < -0.3 is 0 Å². The monoisotopic (exact) mass is 345 g/mol. The molecular formula is C19H23NSe. The Hall–Kier alpha value is -1.08. The van der Waals surface area contributed by atoms with Gasteiger partial charge in [0.25, 0.3) is 0 Å². The standard InChI is InChI=1S/C19H23NSe/c1-2-17-13-18(15-21-19-11-7-4-8-12-19)20(17)14-16-9-5-3-6-10-16/h3-12,17-18H,2,13-15H2,1H3. The van der Waals surface area contributed by atoms with Crippen LogP contribution in [0.5, 0.6) is 0 Å². The van der Waals surface area contributed by atoms with Gasteiger partial charge in [-0.05, 0) is 0 Å². The Bertz CT molecular complexity index is 540. The Kier molecular flexibility index (Phi) is 5.13. The van der Waals surface area contributed by atoms with E-state index in [1.54, 1.807) is 0 Å². The zero-order valence-electron chi connectivity index (χ0n) is 12.6. The number of rotatable bonds is 6. The van der Waals surface area contributed by atoms with E-state index >= 15 is 0 Å². The molecule has 0 N–H and O–H groups in total. The first-order valence-corrected chi connectivity index (χ1v) is 9.91. The number of hydrogen-bond donors (Lipinski definition) is 0. The van der Waals surface area contributed by atoms with Gasteiger partial charge >= 0.3 is 134 Å². The van der Waals surface area contributed by atoms with Crippen LogP contribution in [0.15, 0.2) is 60.7 Å². The molecule has 0 bridgehead atoms. The first-order valence-electron chi connectivity index (χ1n) is 7.84. The van der Waals surface area contributed by atoms with E-state index in [0.717, 1.165) is 18.6 Å². The third kappa shape index (κ3) is 3.77. The van der Waals surface area contributed by atoms with Crippen LogP contribution in [0.4, 0.5) is 0 Å². The number of likely N-dealkylation sites (tertiary alicyclic amines) is 1. The molecule has 2 heteroatoms. The molecule has 1 fully saturated rings. The Morgan fingerprint density at radius 3 is 2.29 bits per heavy atom. The van der Waals surface area contributed by atoms with E-state index in [1.807, 2.05) is 0 Å². The third-order valence-corrected chi connectivity index (χ3v) is 6.77. The van der Waals surface area contributed by atoms with Crippen LogP contribution >= 0.6 is 0 Å². The van der Waals surface area contributed by atoms with Crippen molar-refractivity contribution >= 4 is 19.4 Å². The van der Waals surface area contributed by atoms with E-state index in [0.29, 0.717) is 15.0 Å². The Labute approximate surface area is 134 Å². The molecule has 0 aliphatic carbocycles. The Morgan fingerprint density at radius 1 is 0.952 bits per heavy atom. The molecule has 2 aromatic rings. The molecule has 110 valence electrons. The van der Waals surface area contributed by atoms with E-state index in [4.69, 9.17) is 0 Å². The summed E-state index contributed by atoms with van der Waals surface area (Å²) in [5.41, 5.74) is 1.45. The summed E-state index contributed by atoms with van der Waals surface area (Å²) in [6.07, 6.45) is 2.67. The van der Waals surface area contributed by atoms with E-state index in [9.17, 15) is 0 Å². The second-order valence-corrected chi connectivity index (χ2v) is 8.03. The fraction of sp³-hybridized carbons (Fsp3) is 0.368. The van der Waals surface area contributed by atoms with Crippen molar-refractivity contribution in [2.45, 2.75) is 43.7 Å². The molecule has 2 aromatic carbocycles. The number of nitrogens with zero attached hydrogens (tertiary/aromatic N) is 1. The molecule has 0 aromatic heterocycles. The summed E-state index contributed by atoms with van der Waals surface area (Å²) in [5, 5.41) is 1.35. The van der Waals surface area contributed by atoms with Gasteiger partial charge in [-0.2, -0.15) is 0 Å². The minimum atomic E-state index is 0.611. The van der Waals surface area contributed by atoms with Gasteiger partial charge in [-0.25, -0.2) is 0 Å². The molecule has 3 rings (SSSR count). The van der Waals surface area contributed by atoms with Crippen LogP contribution in [0.2, 0.25) is 5.32 Å². The normalized spacial score (nSPS) is 22.0. The average molecular weight is 344 g/mol. The summed E-state index contributed by atoms with van der Waals surface area (Å²) in [4.78, 5) is 2.72. The van der Waals surface area contributed by atoms with Crippen molar-refractivity contribution < 1.29 is 0 Å². The van der Waals surface area contributed by atoms with E-state index in [1.165, 1.54) is 28.2 Å². The molecule has 1 nitrogen and oxygen atoms in total. The van der Waals surface area contributed by atoms with Gasteiger partial charge in [0.2, 0.25) is 0 Å². The number of hydrogen-bond acceptors (Lipinski definition) is 1. The van der Waals surface area contributed by atoms with Gasteiger partial charge in [-0.1, -0.05) is 0 Å². The zero-order chi connectivity index (χ0) is 14.5. The van der Waals surface area contributed by atoms with Crippen LogP contribution in [0, 0.1) is 0 Å². The second-order valence-electron chi connectivity index (χ2n) is 5.73. The summed E-state index contributed by atoms with van der Waals surface area (Å²) >= 11 is 0.611. The second kappa shape index (κ2) is 7.26. The third-order valence-electron chi connectivity index (χ3n) is 4.35.